The number of benzene rings is 1. The zero-order valence-corrected chi connectivity index (χ0v) is 11.7. The molecular formula is C12H13F6N3O2. The van der Waals surface area contributed by atoms with E-state index in [0.29, 0.717) is 0 Å². The van der Waals surface area contributed by atoms with Gasteiger partial charge < -0.3 is 10.2 Å². The Hall–Kier alpha value is -2.17. The number of para-hydroxylation sites is 1. The van der Waals surface area contributed by atoms with Gasteiger partial charge in [0, 0.05) is 5.69 Å². The number of ether oxygens (including phenoxy) is 1. The molecule has 1 rings (SSSR count). The normalized spacial score (nSPS) is 12.7. The number of carbonyl (C=O) groups excluding carboxylic acids is 1. The van der Waals surface area contributed by atoms with E-state index in [9.17, 15) is 31.1 Å². The lowest BCUT2D eigenvalue weighted by Crippen LogP contribution is -2.76. The van der Waals surface area contributed by atoms with Crippen LogP contribution >= 0.6 is 0 Å². The Morgan fingerprint density at radius 1 is 1.04 bits per heavy atom. The van der Waals surface area contributed by atoms with E-state index < -0.39 is 30.7 Å². The fraction of sp³-hybridized carbons (Fsp3) is 0.417. The van der Waals surface area contributed by atoms with Crippen molar-refractivity contribution in [2.75, 3.05) is 12.0 Å². The van der Waals surface area contributed by atoms with Gasteiger partial charge in [-0.3, -0.25) is 5.32 Å². The van der Waals surface area contributed by atoms with Crippen LogP contribution in [0.1, 0.15) is 6.92 Å². The van der Waals surface area contributed by atoms with Crippen LogP contribution in [0.25, 0.3) is 0 Å². The van der Waals surface area contributed by atoms with Crippen LogP contribution in [-0.2, 0) is 4.74 Å². The second-order valence-corrected chi connectivity index (χ2v) is 4.21. The molecule has 5 nitrogen and oxygen atoms in total. The molecule has 1 aromatic carbocycles. The number of hydrazine groups is 1. The maximum Gasteiger partial charge on any atom is 0.436 e. The lowest BCUT2D eigenvalue weighted by molar-refractivity contribution is -0.313. The first-order valence-corrected chi connectivity index (χ1v) is 6.20. The number of alkyl carbamates (subject to hydrolysis) is 1. The van der Waals surface area contributed by atoms with Crippen LogP contribution in [0.3, 0.4) is 0 Å². The van der Waals surface area contributed by atoms with Crippen molar-refractivity contribution >= 4 is 11.8 Å². The highest BCUT2D eigenvalue weighted by Gasteiger charge is 2.73. The van der Waals surface area contributed by atoms with E-state index in [1.54, 1.807) is 5.43 Å². The number of amides is 1. The van der Waals surface area contributed by atoms with Crippen LogP contribution in [0.2, 0.25) is 0 Å². The molecule has 0 unspecified atom stereocenters. The fourth-order valence-corrected chi connectivity index (χ4v) is 1.48. The van der Waals surface area contributed by atoms with Crippen molar-refractivity contribution in [3.63, 3.8) is 0 Å². The summed E-state index contributed by atoms with van der Waals surface area (Å²) in [6.07, 6.45) is -13.7. The Kier molecular flexibility index (Phi) is 5.70. The van der Waals surface area contributed by atoms with Crippen molar-refractivity contribution < 1.29 is 35.9 Å². The van der Waals surface area contributed by atoms with Crippen LogP contribution in [0, 0.1) is 0 Å². The van der Waals surface area contributed by atoms with Gasteiger partial charge in [-0.2, -0.15) is 31.8 Å². The Balaban J connectivity index is 3.14. The number of rotatable bonds is 5. The first kappa shape index (κ1) is 18.9. The summed E-state index contributed by atoms with van der Waals surface area (Å²) in [5, 5.41) is 0.797. The smallest absolute Gasteiger partial charge is 0.436 e. The molecule has 0 heterocycles. The van der Waals surface area contributed by atoms with Crippen molar-refractivity contribution in [3.8, 4) is 0 Å². The van der Waals surface area contributed by atoms with Crippen LogP contribution in [0.4, 0.5) is 36.8 Å². The second kappa shape index (κ2) is 6.94. The molecule has 0 aromatic heterocycles. The molecule has 0 aliphatic heterocycles. The summed E-state index contributed by atoms with van der Waals surface area (Å²) >= 11 is 0. The molecule has 11 heteroatoms. The number of nitrogens with one attached hydrogen (secondary N) is 3. The third-order valence-corrected chi connectivity index (χ3v) is 2.58. The summed E-state index contributed by atoms with van der Waals surface area (Å²) in [6, 6.07) is 6.77. The Bertz CT molecular complexity index is 504. The van der Waals surface area contributed by atoms with Gasteiger partial charge in [0.2, 0.25) is 0 Å². The summed E-state index contributed by atoms with van der Waals surface area (Å²) in [5.41, 5.74) is -1.91. The minimum Gasteiger partial charge on any atom is -0.450 e. The van der Waals surface area contributed by atoms with Crippen molar-refractivity contribution in [3.05, 3.63) is 30.3 Å². The van der Waals surface area contributed by atoms with Crippen LogP contribution in [-0.4, -0.2) is 30.7 Å². The third-order valence-electron chi connectivity index (χ3n) is 2.58. The first-order chi connectivity index (χ1) is 10.5. The maximum atomic E-state index is 13.1. The summed E-state index contributed by atoms with van der Waals surface area (Å²) in [6.45, 7) is 0.835. The highest BCUT2D eigenvalue weighted by atomic mass is 19.4. The van der Waals surface area contributed by atoms with Crippen molar-refractivity contribution in [2.45, 2.75) is 24.9 Å². The van der Waals surface area contributed by atoms with E-state index >= 15 is 0 Å². The standard InChI is InChI=1S/C12H13F6N3O2/c1-2-23-9(22)19-10(11(13,14)15,12(16,17)18)21-20-8-6-4-3-5-7-8/h3-7,20-21H,2H2,1H3,(H,19,22). The molecule has 1 amide bonds. The van der Waals surface area contributed by atoms with Crippen LogP contribution in [0.5, 0.6) is 0 Å². The highest BCUT2D eigenvalue weighted by molar-refractivity contribution is 5.68. The molecule has 0 aliphatic rings. The maximum absolute atomic E-state index is 13.1. The molecule has 0 spiro atoms. The van der Waals surface area contributed by atoms with Gasteiger partial charge in [0.05, 0.1) is 6.61 Å². The predicted molar refractivity (Wildman–Crippen MR) is 68.2 cm³/mol. The first-order valence-electron chi connectivity index (χ1n) is 6.20. The number of anilines is 1. The predicted octanol–water partition coefficient (Wildman–Crippen LogP) is 3.17. The Morgan fingerprint density at radius 3 is 2.00 bits per heavy atom. The molecule has 130 valence electrons. The minimum atomic E-state index is -5.90. The van der Waals surface area contributed by atoms with Gasteiger partial charge in [-0.25, -0.2) is 4.79 Å². The monoisotopic (exact) mass is 345 g/mol. The Morgan fingerprint density at radius 2 is 1.57 bits per heavy atom. The second-order valence-electron chi connectivity index (χ2n) is 4.21. The number of hydrogen-bond donors (Lipinski definition) is 3. The van der Waals surface area contributed by atoms with E-state index in [1.165, 1.54) is 37.3 Å². The molecule has 0 aliphatic carbocycles. The average molecular weight is 345 g/mol. The van der Waals surface area contributed by atoms with Crippen LogP contribution in [0.15, 0.2) is 30.3 Å². The zero-order valence-electron chi connectivity index (χ0n) is 11.7. The SMILES string of the molecule is CCOC(=O)NC(NNc1ccccc1)(C(F)(F)F)C(F)(F)F. The summed E-state index contributed by atoms with van der Waals surface area (Å²) in [4.78, 5) is 11.2. The number of carbonyl (C=O) groups is 1. The van der Waals surface area contributed by atoms with Gasteiger partial charge in [-0.1, -0.05) is 18.2 Å². The van der Waals surface area contributed by atoms with Gasteiger partial charge >= 0.3 is 24.1 Å². The lowest BCUT2D eigenvalue weighted by atomic mass is 10.1. The van der Waals surface area contributed by atoms with Crippen molar-refractivity contribution in [1.29, 1.82) is 0 Å². The van der Waals surface area contributed by atoms with E-state index in [1.807, 2.05) is 0 Å². The van der Waals surface area contributed by atoms with Gasteiger partial charge in [-0.05, 0) is 19.1 Å². The minimum absolute atomic E-state index is 0.0731. The molecule has 0 atom stereocenters. The fourth-order valence-electron chi connectivity index (χ4n) is 1.48. The van der Waals surface area contributed by atoms with E-state index in [2.05, 4.69) is 4.74 Å². The number of alkyl halides is 6. The van der Waals surface area contributed by atoms with Crippen molar-refractivity contribution in [1.82, 2.24) is 10.7 Å². The lowest BCUT2D eigenvalue weighted by Gasteiger charge is -2.38. The van der Waals surface area contributed by atoms with Gasteiger partial charge in [-0.15, -0.1) is 0 Å². The van der Waals surface area contributed by atoms with Crippen LogP contribution < -0.4 is 16.2 Å². The largest absolute Gasteiger partial charge is 0.450 e. The topological polar surface area (TPSA) is 62.4 Å². The molecule has 1 aromatic rings. The molecule has 0 fully saturated rings. The molecular weight excluding hydrogens is 332 g/mol. The molecule has 23 heavy (non-hydrogen) atoms. The third kappa shape index (κ3) is 4.41. The zero-order chi connectivity index (χ0) is 17.7. The molecule has 0 saturated carbocycles. The van der Waals surface area contributed by atoms with Crippen molar-refractivity contribution in [2.24, 2.45) is 0 Å². The van der Waals surface area contributed by atoms with Gasteiger partial charge in [0.15, 0.2) is 0 Å². The molecule has 3 N–H and O–H groups in total. The van der Waals surface area contributed by atoms with E-state index in [-0.39, 0.29) is 5.69 Å². The molecule has 0 bridgehead atoms. The van der Waals surface area contributed by atoms with Gasteiger partial charge in [0.25, 0.3) is 0 Å². The Labute approximate surface area is 127 Å². The summed E-state index contributed by atoms with van der Waals surface area (Å²) in [7, 11) is 0. The number of hydrogen-bond acceptors (Lipinski definition) is 4. The van der Waals surface area contributed by atoms with Gasteiger partial charge in [0.1, 0.15) is 0 Å². The quantitative estimate of drug-likeness (QED) is 0.436. The molecule has 0 radical (unpaired) electrons. The van der Waals surface area contributed by atoms with E-state index in [4.69, 9.17) is 0 Å². The van der Waals surface area contributed by atoms with E-state index in [0.717, 1.165) is 10.7 Å². The average Bonchev–Trinajstić information content (AvgIpc) is 2.42. The molecule has 0 saturated heterocycles. The highest BCUT2D eigenvalue weighted by Crippen LogP contribution is 2.41. The number of halogens is 6. The summed E-state index contributed by atoms with van der Waals surface area (Å²) < 4.78 is 82.6. The summed E-state index contributed by atoms with van der Waals surface area (Å²) in [5.74, 6) is 0.